The highest BCUT2D eigenvalue weighted by Gasteiger charge is 2.22. The number of carbonyl (C=O) groups is 1. The van der Waals surface area contributed by atoms with Crippen molar-refractivity contribution in [3.8, 4) is 11.5 Å². The van der Waals surface area contributed by atoms with Crippen LogP contribution in [0, 0.1) is 0 Å². The molecule has 1 fully saturated rings. The highest BCUT2D eigenvalue weighted by molar-refractivity contribution is 5.89. The fourth-order valence-corrected chi connectivity index (χ4v) is 3.16. The second-order valence-corrected chi connectivity index (χ2v) is 6.53. The fraction of sp³-hybridized carbons (Fsp3) is 0.400. The highest BCUT2D eigenvalue weighted by Crippen LogP contribution is 2.29. The van der Waals surface area contributed by atoms with Gasteiger partial charge in [0, 0.05) is 12.1 Å². The number of furan rings is 1. The number of hydrogen-bond acceptors (Lipinski definition) is 6. The lowest BCUT2D eigenvalue weighted by Crippen LogP contribution is -2.39. The third kappa shape index (κ3) is 4.07. The van der Waals surface area contributed by atoms with Crippen molar-refractivity contribution >= 4 is 12.2 Å². The first-order valence-electron chi connectivity index (χ1n) is 8.84. The Morgan fingerprint density at radius 1 is 1.23 bits per heavy atom. The van der Waals surface area contributed by atoms with Gasteiger partial charge in [-0.3, -0.25) is 5.01 Å². The molecular weight excluding hydrogens is 332 g/mol. The van der Waals surface area contributed by atoms with Crippen molar-refractivity contribution in [2.45, 2.75) is 45.2 Å². The number of hydrogen-bond donors (Lipinski definition) is 0. The average Bonchev–Trinajstić information content (AvgIpc) is 3.17. The zero-order valence-corrected chi connectivity index (χ0v) is 15.3. The molecule has 2 heterocycles. The molecule has 1 aromatic heterocycles. The van der Waals surface area contributed by atoms with Crippen molar-refractivity contribution in [1.29, 1.82) is 0 Å². The highest BCUT2D eigenvalue weighted by atomic mass is 16.6. The van der Waals surface area contributed by atoms with Gasteiger partial charge in [-0.05, 0) is 69.0 Å². The van der Waals surface area contributed by atoms with E-state index in [1.54, 1.807) is 24.3 Å². The molecule has 0 unspecified atom stereocenters. The standard InChI is InChI=1S/C20H24N2O4/c1-14-6-4-7-15(2)22(14)21-13-16-9-10-17(19(12-16)24-3)26-20(23)18-8-5-11-25-18/h5,8-15H,4,6-7H2,1-3H3/b21-13-/t14-,15+. The van der Waals surface area contributed by atoms with Crippen LogP contribution in [-0.2, 0) is 0 Å². The van der Waals surface area contributed by atoms with E-state index in [1.807, 2.05) is 12.3 Å². The van der Waals surface area contributed by atoms with Crippen LogP contribution in [0.15, 0.2) is 46.1 Å². The first-order chi connectivity index (χ1) is 12.6. The molecule has 0 bridgehead atoms. The van der Waals surface area contributed by atoms with Crippen LogP contribution in [0.5, 0.6) is 11.5 Å². The zero-order valence-electron chi connectivity index (χ0n) is 15.3. The summed E-state index contributed by atoms with van der Waals surface area (Å²) in [7, 11) is 1.54. The lowest BCUT2D eigenvalue weighted by Gasteiger charge is -2.36. The summed E-state index contributed by atoms with van der Waals surface area (Å²) in [6.45, 7) is 4.40. The maximum Gasteiger partial charge on any atom is 0.379 e. The number of piperidine rings is 1. The van der Waals surface area contributed by atoms with Gasteiger partial charge in [-0.1, -0.05) is 0 Å². The van der Waals surface area contributed by atoms with Gasteiger partial charge in [-0.15, -0.1) is 0 Å². The van der Waals surface area contributed by atoms with Crippen LogP contribution in [-0.4, -0.2) is 36.4 Å². The molecular formula is C20H24N2O4. The number of hydrazone groups is 1. The van der Waals surface area contributed by atoms with E-state index in [-0.39, 0.29) is 5.76 Å². The third-order valence-corrected chi connectivity index (χ3v) is 4.60. The minimum Gasteiger partial charge on any atom is -0.493 e. The van der Waals surface area contributed by atoms with Crippen molar-refractivity contribution < 1.29 is 18.7 Å². The van der Waals surface area contributed by atoms with Crippen LogP contribution in [0.3, 0.4) is 0 Å². The zero-order chi connectivity index (χ0) is 18.5. The van der Waals surface area contributed by atoms with E-state index in [2.05, 4.69) is 24.0 Å². The van der Waals surface area contributed by atoms with E-state index in [0.717, 1.165) is 18.4 Å². The molecule has 0 aliphatic carbocycles. The lowest BCUT2D eigenvalue weighted by molar-refractivity contribution is 0.0696. The first kappa shape index (κ1) is 18.0. The summed E-state index contributed by atoms with van der Waals surface area (Å²) in [5, 5.41) is 6.81. The van der Waals surface area contributed by atoms with Crippen LogP contribution in [0.2, 0.25) is 0 Å². The molecule has 1 aliphatic rings. The molecule has 0 saturated carbocycles. The van der Waals surface area contributed by atoms with E-state index < -0.39 is 5.97 Å². The third-order valence-electron chi connectivity index (χ3n) is 4.60. The number of carbonyl (C=O) groups excluding carboxylic acids is 1. The first-order valence-corrected chi connectivity index (χ1v) is 8.84. The molecule has 6 nitrogen and oxygen atoms in total. The number of nitrogens with zero attached hydrogens (tertiary/aromatic N) is 2. The van der Waals surface area contributed by atoms with Crippen LogP contribution in [0.1, 0.15) is 49.2 Å². The van der Waals surface area contributed by atoms with Gasteiger partial charge in [0.1, 0.15) is 0 Å². The van der Waals surface area contributed by atoms with Gasteiger partial charge in [0.2, 0.25) is 5.76 Å². The van der Waals surface area contributed by atoms with Crippen LogP contribution in [0.25, 0.3) is 0 Å². The predicted octanol–water partition coefficient (Wildman–Crippen LogP) is 4.10. The smallest absolute Gasteiger partial charge is 0.379 e. The minimum atomic E-state index is -0.564. The normalized spacial score (nSPS) is 20.3. The summed E-state index contributed by atoms with van der Waals surface area (Å²) in [5.74, 6) is 0.385. The average molecular weight is 356 g/mol. The summed E-state index contributed by atoms with van der Waals surface area (Å²) < 4.78 is 15.8. The summed E-state index contributed by atoms with van der Waals surface area (Å²) in [6.07, 6.45) is 6.81. The Morgan fingerprint density at radius 2 is 2.00 bits per heavy atom. The van der Waals surface area contributed by atoms with Gasteiger partial charge in [-0.2, -0.15) is 5.10 Å². The Bertz CT molecular complexity index is 760. The summed E-state index contributed by atoms with van der Waals surface area (Å²) in [6, 6.07) is 9.40. The summed E-state index contributed by atoms with van der Waals surface area (Å²) in [4.78, 5) is 12.0. The molecule has 0 radical (unpaired) electrons. The van der Waals surface area contributed by atoms with E-state index >= 15 is 0 Å². The Kier molecular flexibility index (Phi) is 5.61. The van der Waals surface area contributed by atoms with Gasteiger partial charge in [0.25, 0.3) is 0 Å². The molecule has 2 aromatic rings. The topological polar surface area (TPSA) is 64.3 Å². The number of esters is 1. The van der Waals surface area contributed by atoms with Gasteiger partial charge in [0.15, 0.2) is 11.5 Å². The number of benzene rings is 1. The molecule has 0 spiro atoms. The molecule has 3 rings (SSSR count). The van der Waals surface area contributed by atoms with E-state index in [4.69, 9.17) is 13.9 Å². The van der Waals surface area contributed by atoms with Crippen LogP contribution >= 0.6 is 0 Å². The lowest BCUT2D eigenvalue weighted by atomic mass is 10.00. The van der Waals surface area contributed by atoms with Crippen LogP contribution in [0.4, 0.5) is 0 Å². The van der Waals surface area contributed by atoms with Crippen molar-refractivity contribution in [1.82, 2.24) is 5.01 Å². The second-order valence-electron chi connectivity index (χ2n) is 6.53. The Morgan fingerprint density at radius 3 is 2.65 bits per heavy atom. The maximum absolute atomic E-state index is 12.0. The van der Waals surface area contributed by atoms with Gasteiger partial charge >= 0.3 is 5.97 Å². The molecule has 2 atom stereocenters. The monoisotopic (exact) mass is 356 g/mol. The largest absolute Gasteiger partial charge is 0.493 e. The maximum atomic E-state index is 12.0. The van der Waals surface area contributed by atoms with Gasteiger partial charge in [0.05, 0.1) is 19.6 Å². The predicted molar refractivity (Wildman–Crippen MR) is 98.9 cm³/mol. The van der Waals surface area contributed by atoms with Gasteiger partial charge in [-0.25, -0.2) is 4.79 Å². The molecule has 1 aliphatic heterocycles. The van der Waals surface area contributed by atoms with Crippen molar-refractivity contribution in [2.75, 3.05) is 7.11 Å². The summed E-state index contributed by atoms with van der Waals surface area (Å²) in [5.41, 5.74) is 0.879. The van der Waals surface area contributed by atoms with Crippen molar-refractivity contribution in [2.24, 2.45) is 5.10 Å². The molecule has 6 heteroatoms. The second kappa shape index (κ2) is 8.08. The van der Waals surface area contributed by atoms with Crippen molar-refractivity contribution in [3.05, 3.63) is 47.9 Å². The van der Waals surface area contributed by atoms with E-state index in [1.165, 1.54) is 19.8 Å². The number of ether oxygens (including phenoxy) is 2. The quantitative estimate of drug-likeness (QED) is 0.458. The van der Waals surface area contributed by atoms with Crippen LogP contribution < -0.4 is 9.47 Å². The molecule has 26 heavy (non-hydrogen) atoms. The number of rotatable bonds is 5. The Hall–Kier alpha value is -2.76. The fourth-order valence-electron chi connectivity index (χ4n) is 3.16. The Labute approximate surface area is 153 Å². The van der Waals surface area contributed by atoms with E-state index in [9.17, 15) is 4.79 Å². The molecule has 0 N–H and O–H groups in total. The SMILES string of the molecule is COc1cc(/C=N\N2[C@H](C)CCC[C@@H]2C)ccc1OC(=O)c1ccco1. The minimum absolute atomic E-state index is 0.144. The molecule has 1 aromatic carbocycles. The Balaban J connectivity index is 1.74. The summed E-state index contributed by atoms with van der Waals surface area (Å²) >= 11 is 0. The van der Waals surface area contributed by atoms with Gasteiger partial charge < -0.3 is 13.9 Å². The molecule has 0 amide bonds. The molecule has 138 valence electrons. The molecule has 1 saturated heterocycles. The van der Waals surface area contributed by atoms with Crippen molar-refractivity contribution in [3.63, 3.8) is 0 Å². The number of methoxy groups -OCH3 is 1. The van der Waals surface area contributed by atoms with E-state index in [0.29, 0.717) is 23.6 Å².